The summed E-state index contributed by atoms with van der Waals surface area (Å²) < 4.78 is 6.19. The largest absolute Gasteiger partial charge is 0.492 e. The fourth-order valence-electron chi connectivity index (χ4n) is 4.64. The standard InChI is InChI=1S/C24H28ClNO4/c25-20-15-19(22(27)26-24(23(28)29)12-6-13-24)21(18-10-5-4-9-17(18)20)30-14-11-16-7-2-1-3-8-16/h4-5,9-10,15-16H,1-3,6-8,11-14H2,(H,26,27)(H,28,29). The van der Waals surface area contributed by atoms with E-state index in [1.165, 1.54) is 32.1 Å². The zero-order valence-corrected chi connectivity index (χ0v) is 17.8. The van der Waals surface area contributed by atoms with E-state index < -0.39 is 17.4 Å². The number of fused-ring (bicyclic) bond motifs is 1. The van der Waals surface area contributed by atoms with E-state index in [1.807, 2.05) is 24.3 Å². The molecule has 0 spiro atoms. The molecule has 2 aromatic carbocycles. The minimum Gasteiger partial charge on any atom is -0.492 e. The van der Waals surface area contributed by atoms with Crippen LogP contribution in [-0.2, 0) is 4.79 Å². The number of carbonyl (C=O) groups is 2. The lowest BCUT2D eigenvalue weighted by Crippen LogP contribution is -2.59. The van der Waals surface area contributed by atoms with E-state index >= 15 is 0 Å². The van der Waals surface area contributed by atoms with Gasteiger partial charge in [0.25, 0.3) is 5.91 Å². The molecule has 1 amide bonds. The molecule has 5 nitrogen and oxygen atoms in total. The van der Waals surface area contributed by atoms with Crippen molar-refractivity contribution in [3.05, 3.63) is 40.9 Å². The van der Waals surface area contributed by atoms with Crippen LogP contribution in [0.3, 0.4) is 0 Å². The smallest absolute Gasteiger partial charge is 0.329 e. The fourth-order valence-corrected chi connectivity index (χ4v) is 4.91. The number of ether oxygens (including phenoxy) is 1. The van der Waals surface area contributed by atoms with Gasteiger partial charge in [-0.1, -0.05) is 68.0 Å². The summed E-state index contributed by atoms with van der Waals surface area (Å²) in [5.41, 5.74) is -0.885. The number of halogens is 1. The first-order valence-corrected chi connectivity index (χ1v) is 11.3. The number of amides is 1. The van der Waals surface area contributed by atoms with Crippen molar-refractivity contribution < 1.29 is 19.4 Å². The van der Waals surface area contributed by atoms with Gasteiger partial charge >= 0.3 is 5.97 Å². The summed E-state index contributed by atoms with van der Waals surface area (Å²) >= 11 is 6.46. The molecule has 160 valence electrons. The van der Waals surface area contributed by atoms with Crippen LogP contribution in [0, 0.1) is 5.92 Å². The van der Waals surface area contributed by atoms with Crippen molar-refractivity contribution in [2.45, 2.75) is 63.3 Å². The van der Waals surface area contributed by atoms with E-state index in [1.54, 1.807) is 6.07 Å². The predicted molar refractivity (Wildman–Crippen MR) is 117 cm³/mol. The summed E-state index contributed by atoms with van der Waals surface area (Å²) in [6, 6.07) is 9.18. The first-order chi connectivity index (χ1) is 14.5. The van der Waals surface area contributed by atoms with E-state index in [2.05, 4.69) is 5.32 Å². The van der Waals surface area contributed by atoms with Gasteiger partial charge in [0, 0.05) is 15.8 Å². The van der Waals surface area contributed by atoms with E-state index in [0.717, 1.165) is 23.6 Å². The minimum absolute atomic E-state index is 0.301. The van der Waals surface area contributed by atoms with Gasteiger partial charge < -0.3 is 15.2 Å². The molecule has 0 aliphatic heterocycles. The van der Waals surface area contributed by atoms with E-state index in [-0.39, 0.29) is 0 Å². The maximum Gasteiger partial charge on any atom is 0.329 e. The van der Waals surface area contributed by atoms with Crippen LogP contribution in [0.5, 0.6) is 5.75 Å². The Labute approximate surface area is 181 Å². The average molecular weight is 430 g/mol. The number of aliphatic carboxylic acids is 1. The zero-order valence-electron chi connectivity index (χ0n) is 17.1. The number of benzene rings is 2. The van der Waals surface area contributed by atoms with Crippen LogP contribution in [0.15, 0.2) is 30.3 Å². The van der Waals surface area contributed by atoms with Gasteiger partial charge in [0.15, 0.2) is 0 Å². The number of rotatable bonds is 7. The third kappa shape index (κ3) is 4.13. The van der Waals surface area contributed by atoms with E-state index in [9.17, 15) is 14.7 Å². The Morgan fingerprint density at radius 3 is 2.43 bits per heavy atom. The van der Waals surface area contributed by atoms with Crippen LogP contribution >= 0.6 is 11.6 Å². The van der Waals surface area contributed by atoms with Crippen LogP contribution in [0.25, 0.3) is 10.8 Å². The van der Waals surface area contributed by atoms with E-state index in [4.69, 9.17) is 16.3 Å². The Hall–Kier alpha value is -2.27. The summed E-state index contributed by atoms with van der Waals surface area (Å²) in [6.45, 7) is 0.528. The van der Waals surface area contributed by atoms with Crippen molar-refractivity contribution in [2.24, 2.45) is 5.92 Å². The number of nitrogens with one attached hydrogen (secondary N) is 1. The quantitative estimate of drug-likeness (QED) is 0.602. The van der Waals surface area contributed by atoms with Crippen LogP contribution < -0.4 is 10.1 Å². The van der Waals surface area contributed by atoms with Gasteiger partial charge in [-0.3, -0.25) is 4.79 Å². The number of hydrogen-bond acceptors (Lipinski definition) is 3. The molecule has 2 N–H and O–H groups in total. The Morgan fingerprint density at radius 1 is 1.10 bits per heavy atom. The van der Waals surface area contributed by atoms with Crippen LogP contribution in [-0.4, -0.2) is 29.1 Å². The molecule has 0 heterocycles. The first kappa shape index (κ1) is 21.0. The highest BCUT2D eigenvalue weighted by molar-refractivity contribution is 6.36. The molecule has 2 aliphatic carbocycles. The van der Waals surface area contributed by atoms with Crippen LogP contribution in [0.2, 0.25) is 5.02 Å². The monoisotopic (exact) mass is 429 g/mol. The Kier molecular flexibility index (Phi) is 6.19. The summed E-state index contributed by atoms with van der Waals surface area (Å²) in [4.78, 5) is 24.8. The molecule has 30 heavy (non-hydrogen) atoms. The highest BCUT2D eigenvalue weighted by atomic mass is 35.5. The third-order valence-electron chi connectivity index (χ3n) is 6.66. The minimum atomic E-state index is -1.19. The van der Waals surface area contributed by atoms with Gasteiger partial charge in [0.1, 0.15) is 11.3 Å². The van der Waals surface area contributed by atoms with Crippen molar-refractivity contribution in [1.29, 1.82) is 0 Å². The number of carboxylic acid groups (broad SMARTS) is 1. The van der Waals surface area contributed by atoms with Gasteiger partial charge in [0.05, 0.1) is 12.2 Å². The second kappa shape index (κ2) is 8.84. The SMILES string of the molecule is O=C(NC1(C(=O)O)CCC1)c1cc(Cl)c2ccccc2c1OCCC1CCCCC1. The van der Waals surface area contributed by atoms with Crippen molar-refractivity contribution in [1.82, 2.24) is 5.32 Å². The molecule has 2 fully saturated rings. The lowest BCUT2D eigenvalue weighted by molar-refractivity contribution is -0.148. The maximum absolute atomic E-state index is 13.1. The summed E-state index contributed by atoms with van der Waals surface area (Å²) in [7, 11) is 0. The van der Waals surface area contributed by atoms with Crippen molar-refractivity contribution >= 4 is 34.2 Å². The average Bonchev–Trinajstić information content (AvgIpc) is 2.72. The summed E-state index contributed by atoms with van der Waals surface area (Å²) in [6.07, 6.45) is 8.96. The molecule has 2 aliphatic rings. The molecule has 0 saturated heterocycles. The number of carbonyl (C=O) groups excluding carboxylic acids is 1. The van der Waals surface area contributed by atoms with Gasteiger partial charge in [-0.15, -0.1) is 0 Å². The molecule has 0 unspecified atom stereocenters. The Bertz CT molecular complexity index is 948. The van der Waals surface area contributed by atoms with Crippen molar-refractivity contribution in [2.75, 3.05) is 6.61 Å². The topological polar surface area (TPSA) is 75.6 Å². The Balaban J connectivity index is 1.61. The highest BCUT2D eigenvalue weighted by Gasteiger charge is 2.46. The van der Waals surface area contributed by atoms with Crippen LogP contribution in [0.4, 0.5) is 0 Å². The fraction of sp³-hybridized carbons (Fsp3) is 0.500. The summed E-state index contributed by atoms with van der Waals surface area (Å²) in [5, 5.41) is 14.4. The molecule has 0 bridgehead atoms. The zero-order chi connectivity index (χ0) is 21.1. The maximum atomic E-state index is 13.1. The van der Waals surface area contributed by atoms with Gasteiger partial charge in [0.2, 0.25) is 0 Å². The molecule has 4 rings (SSSR count). The Morgan fingerprint density at radius 2 is 1.80 bits per heavy atom. The molecule has 0 aromatic heterocycles. The molecule has 0 atom stereocenters. The lowest BCUT2D eigenvalue weighted by Gasteiger charge is -2.38. The second-order valence-corrected chi connectivity index (χ2v) is 9.02. The second-order valence-electron chi connectivity index (χ2n) is 8.62. The number of carboxylic acids is 1. The third-order valence-corrected chi connectivity index (χ3v) is 6.97. The molecular weight excluding hydrogens is 402 g/mol. The summed E-state index contributed by atoms with van der Waals surface area (Å²) in [5.74, 6) is -0.283. The van der Waals surface area contributed by atoms with E-state index in [0.29, 0.717) is 41.7 Å². The molecule has 2 aromatic rings. The molecular formula is C24H28ClNO4. The molecule has 0 radical (unpaired) electrons. The highest BCUT2D eigenvalue weighted by Crippen LogP contribution is 2.38. The van der Waals surface area contributed by atoms with Crippen molar-refractivity contribution in [3.8, 4) is 5.75 Å². The van der Waals surface area contributed by atoms with Gasteiger partial charge in [-0.05, 0) is 37.7 Å². The molecule has 6 heteroatoms. The predicted octanol–water partition coefficient (Wildman–Crippen LogP) is 5.58. The lowest BCUT2D eigenvalue weighted by atomic mass is 9.76. The number of hydrogen-bond donors (Lipinski definition) is 2. The van der Waals surface area contributed by atoms with Gasteiger partial charge in [-0.2, -0.15) is 0 Å². The molecule has 2 saturated carbocycles. The van der Waals surface area contributed by atoms with Gasteiger partial charge in [-0.25, -0.2) is 4.79 Å². The normalized spacial score (nSPS) is 18.6. The first-order valence-electron chi connectivity index (χ1n) is 10.9. The van der Waals surface area contributed by atoms with Crippen molar-refractivity contribution in [3.63, 3.8) is 0 Å². The van der Waals surface area contributed by atoms with Crippen LogP contribution in [0.1, 0.15) is 68.1 Å².